The number of aryl methyl sites for hydroxylation is 1. The summed E-state index contributed by atoms with van der Waals surface area (Å²) in [5, 5.41) is 15.7. The Labute approximate surface area is 282 Å². The van der Waals surface area contributed by atoms with E-state index in [2.05, 4.69) is 16.7 Å². The van der Waals surface area contributed by atoms with Crippen molar-refractivity contribution >= 4 is 23.9 Å². The number of phenolic OH excluding ortho intramolecular Hbond substituents is 1. The molecule has 0 fully saturated rings. The van der Waals surface area contributed by atoms with E-state index in [0.29, 0.717) is 5.56 Å². The summed E-state index contributed by atoms with van der Waals surface area (Å²) in [5.74, 6) is -2.24. The molecule has 3 rings (SSSR count). The van der Waals surface area contributed by atoms with Gasteiger partial charge in [0.25, 0.3) is 5.91 Å². The second kappa shape index (κ2) is 16.0. The zero-order valence-electron chi connectivity index (χ0n) is 28.6. The predicted octanol–water partition coefficient (Wildman–Crippen LogP) is 5.37. The predicted molar refractivity (Wildman–Crippen MR) is 182 cm³/mol. The highest BCUT2D eigenvalue weighted by molar-refractivity contribution is 5.95. The average molecular weight is 656 g/mol. The Balaban J connectivity index is 2.07. The lowest BCUT2D eigenvalue weighted by Crippen LogP contribution is -2.54. The van der Waals surface area contributed by atoms with Gasteiger partial charge in [-0.2, -0.15) is 0 Å². The molecule has 3 unspecified atom stereocenters. The van der Waals surface area contributed by atoms with Crippen LogP contribution < -0.4 is 10.6 Å². The fourth-order valence-corrected chi connectivity index (χ4v) is 4.87. The fourth-order valence-electron chi connectivity index (χ4n) is 4.87. The molecule has 0 aromatic heterocycles. The zero-order valence-corrected chi connectivity index (χ0v) is 28.6. The van der Waals surface area contributed by atoms with Crippen LogP contribution in [0.2, 0.25) is 0 Å². The first kappa shape index (κ1) is 37.2. The lowest BCUT2D eigenvalue weighted by atomic mass is 9.98. The second-order valence-electron chi connectivity index (χ2n) is 13.5. The van der Waals surface area contributed by atoms with E-state index in [-0.39, 0.29) is 24.2 Å². The van der Waals surface area contributed by atoms with Gasteiger partial charge in [-0.05, 0) is 82.9 Å². The summed E-state index contributed by atoms with van der Waals surface area (Å²) in [6.45, 7) is 11.9. The van der Waals surface area contributed by atoms with Gasteiger partial charge in [0.2, 0.25) is 5.91 Å². The van der Waals surface area contributed by atoms with Crippen LogP contribution in [0.15, 0.2) is 78.9 Å². The highest BCUT2D eigenvalue weighted by atomic mass is 16.6. The van der Waals surface area contributed by atoms with Gasteiger partial charge in [-0.1, -0.05) is 73.2 Å². The van der Waals surface area contributed by atoms with Crippen molar-refractivity contribution in [3.05, 3.63) is 101 Å². The number of nitrogens with one attached hydrogen (secondary N) is 2. The molecule has 0 saturated carbocycles. The van der Waals surface area contributed by atoms with Crippen molar-refractivity contribution in [3.63, 3.8) is 0 Å². The quantitative estimate of drug-likeness (QED) is 0.144. The maximum atomic E-state index is 14.3. The molecule has 254 valence electrons. The summed E-state index contributed by atoms with van der Waals surface area (Å²) in [4.78, 5) is 55.9. The molecule has 0 spiro atoms. The van der Waals surface area contributed by atoms with Crippen LogP contribution in [-0.4, -0.2) is 57.2 Å². The summed E-state index contributed by atoms with van der Waals surface area (Å²) in [7, 11) is 0. The Bertz CT molecular complexity index is 1620. The minimum absolute atomic E-state index is 0.0271. The monoisotopic (exact) mass is 655 g/mol. The summed E-state index contributed by atoms with van der Waals surface area (Å²) in [6, 6.07) is 21.0. The van der Waals surface area contributed by atoms with Gasteiger partial charge < -0.3 is 25.2 Å². The van der Waals surface area contributed by atoms with Gasteiger partial charge in [0.1, 0.15) is 35.1 Å². The molecule has 0 heterocycles. The van der Waals surface area contributed by atoms with E-state index in [1.54, 1.807) is 72.7 Å². The largest absolute Gasteiger partial charge is 0.508 e. The second-order valence-corrected chi connectivity index (χ2v) is 13.5. The summed E-state index contributed by atoms with van der Waals surface area (Å²) < 4.78 is 11.1. The number of nitrogens with zero attached hydrogens (tertiary/aromatic N) is 1. The first-order valence-corrected chi connectivity index (χ1v) is 15.7. The number of carbonyl (C=O) groups excluding carboxylic acids is 4. The molecule has 0 aliphatic rings. The molecule has 0 aliphatic heterocycles. The third-order valence-corrected chi connectivity index (χ3v) is 6.98. The van der Waals surface area contributed by atoms with Crippen molar-refractivity contribution in [3.8, 4) is 18.2 Å². The number of terminal acetylenes is 1. The molecule has 3 amide bonds. The van der Waals surface area contributed by atoms with Gasteiger partial charge in [0, 0.05) is 18.9 Å². The van der Waals surface area contributed by atoms with Gasteiger partial charge in [0.05, 0.1) is 0 Å². The zero-order chi connectivity index (χ0) is 35.6. The number of alkyl carbamates (subject to hydrolysis) is 1. The summed E-state index contributed by atoms with van der Waals surface area (Å²) in [6.07, 6.45) is 5.26. The molecule has 48 heavy (non-hydrogen) atoms. The van der Waals surface area contributed by atoms with Gasteiger partial charge in [-0.3, -0.25) is 14.5 Å². The number of phenols is 1. The van der Waals surface area contributed by atoms with Crippen molar-refractivity contribution in [2.24, 2.45) is 0 Å². The minimum atomic E-state index is -1.47. The van der Waals surface area contributed by atoms with Crippen LogP contribution in [0.4, 0.5) is 4.79 Å². The maximum absolute atomic E-state index is 14.3. The van der Waals surface area contributed by atoms with E-state index >= 15 is 0 Å². The standard InChI is InChI=1S/C38H45N3O7/c1-9-41(34(44)29(23-26-16-12-10-13-17-26)40-36(46)48-38(6,7)8)32(28-20-21-31(42)25(2)22-28)33(43)39-30(35(45)47-37(3,4)5)24-27-18-14-11-15-19-27/h1,10-22,29-30,32,42H,23-24H2,2-8H3,(H,39,43)(H,40,46). The number of hydrogen-bond acceptors (Lipinski definition) is 7. The van der Waals surface area contributed by atoms with Crippen molar-refractivity contribution < 1.29 is 33.8 Å². The smallest absolute Gasteiger partial charge is 0.408 e. The topological polar surface area (TPSA) is 134 Å². The van der Waals surface area contributed by atoms with Crippen LogP contribution in [0, 0.1) is 19.4 Å². The number of aromatic hydroxyl groups is 1. The first-order valence-electron chi connectivity index (χ1n) is 15.7. The van der Waals surface area contributed by atoms with Crippen molar-refractivity contribution in [2.75, 3.05) is 0 Å². The molecule has 0 bridgehead atoms. The SMILES string of the molecule is C#CN(C(=O)C(Cc1ccccc1)NC(=O)OC(C)(C)C)C(C(=O)NC(Cc1ccccc1)C(=O)OC(C)(C)C)c1ccc(O)c(C)c1. The maximum Gasteiger partial charge on any atom is 0.408 e. The number of hydrogen-bond donors (Lipinski definition) is 3. The molecular weight excluding hydrogens is 610 g/mol. The van der Waals surface area contributed by atoms with Crippen LogP contribution in [0.5, 0.6) is 5.75 Å². The molecule has 10 heteroatoms. The highest BCUT2D eigenvalue weighted by Crippen LogP contribution is 2.27. The number of ether oxygens (including phenoxy) is 2. The van der Waals surface area contributed by atoms with Gasteiger partial charge in [-0.15, -0.1) is 0 Å². The first-order chi connectivity index (χ1) is 22.5. The van der Waals surface area contributed by atoms with E-state index in [9.17, 15) is 24.3 Å². The Hall–Kier alpha value is -5.30. The molecule has 3 atom stereocenters. The third-order valence-electron chi connectivity index (χ3n) is 6.98. The molecule has 0 saturated heterocycles. The summed E-state index contributed by atoms with van der Waals surface area (Å²) in [5.41, 5.74) is 0.488. The summed E-state index contributed by atoms with van der Waals surface area (Å²) >= 11 is 0. The Morgan fingerprint density at radius 1 is 0.792 bits per heavy atom. The van der Waals surface area contributed by atoms with E-state index in [1.165, 1.54) is 18.2 Å². The van der Waals surface area contributed by atoms with Gasteiger partial charge in [0.15, 0.2) is 0 Å². The van der Waals surface area contributed by atoms with Gasteiger partial charge >= 0.3 is 12.1 Å². The minimum Gasteiger partial charge on any atom is -0.508 e. The van der Waals surface area contributed by atoms with Crippen LogP contribution in [-0.2, 0) is 36.7 Å². The molecule has 3 aromatic carbocycles. The Kier molecular flexibility index (Phi) is 12.4. The number of esters is 1. The molecule has 0 radical (unpaired) electrons. The van der Waals surface area contributed by atoms with Crippen LogP contribution in [0.1, 0.15) is 69.8 Å². The lowest BCUT2D eigenvalue weighted by molar-refractivity contribution is -0.159. The third kappa shape index (κ3) is 11.2. The van der Waals surface area contributed by atoms with Gasteiger partial charge in [-0.25, -0.2) is 9.59 Å². The number of benzene rings is 3. The van der Waals surface area contributed by atoms with Crippen molar-refractivity contribution in [1.82, 2.24) is 15.5 Å². The van der Waals surface area contributed by atoms with Crippen molar-refractivity contribution in [2.45, 2.75) is 90.6 Å². The van der Waals surface area contributed by atoms with E-state index in [1.807, 2.05) is 36.4 Å². The lowest BCUT2D eigenvalue weighted by Gasteiger charge is -2.32. The van der Waals surface area contributed by atoms with E-state index in [0.717, 1.165) is 16.0 Å². The Morgan fingerprint density at radius 3 is 1.79 bits per heavy atom. The molecule has 3 aromatic rings. The Morgan fingerprint density at radius 2 is 1.31 bits per heavy atom. The normalized spacial score (nSPS) is 13.2. The number of rotatable bonds is 11. The van der Waals surface area contributed by atoms with Crippen LogP contribution in [0.3, 0.4) is 0 Å². The van der Waals surface area contributed by atoms with Crippen LogP contribution in [0.25, 0.3) is 0 Å². The number of carbonyl (C=O) groups is 4. The molecule has 3 N–H and O–H groups in total. The molecule has 0 aliphatic carbocycles. The molecule has 10 nitrogen and oxygen atoms in total. The molecular formula is C38H45N3O7. The van der Waals surface area contributed by atoms with E-state index < -0.39 is 53.2 Å². The average Bonchev–Trinajstić information content (AvgIpc) is 2.99. The van der Waals surface area contributed by atoms with Crippen LogP contribution >= 0.6 is 0 Å². The fraction of sp³-hybridized carbons (Fsp3) is 0.368. The number of amides is 3. The van der Waals surface area contributed by atoms with Crippen molar-refractivity contribution in [1.29, 1.82) is 0 Å². The van der Waals surface area contributed by atoms with E-state index in [4.69, 9.17) is 15.9 Å². The highest BCUT2D eigenvalue weighted by Gasteiger charge is 2.38.